The van der Waals surface area contributed by atoms with E-state index >= 15 is 0 Å². The van der Waals surface area contributed by atoms with Crippen LogP contribution in [-0.4, -0.2) is 26.7 Å². The van der Waals surface area contributed by atoms with Gasteiger partial charge in [0, 0.05) is 16.7 Å². The average Bonchev–Trinajstić information content (AvgIpc) is 3.17. The third-order valence-electron chi connectivity index (χ3n) is 5.30. The lowest BCUT2D eigenvalue weighted by Crippen LogP contribution is -2.16. The van der Waals surface area contributed by atoms with Crippen LogP contribution in [0.5, 0.6) is 5.75 Å². The molecule has 0 aliphatic rings. The minimum atomic E-state index is -0.192. The number of nitrogens with one attached hydrogen (secondary N) is 1. The molecule has 0 amide bonds. The Bertz CT molecular complexity index is 1280. The molecule has 4 rings (SSSR count). The first-order valence-electron chi connectivity index (χ1n) is 10.2. The number of ether oxygens (including phenoxy) is 1. The lowest BCUT2D eigenvalue weighted by Gasteiger charge is -2.18. The number of hydrogen-bond acceptors (Lipinski definition) is 4. The van der Waals surface area contributed by atoms with Crippen LogP contribution in [-0.2, 0) is 18.3 Å². The van der Waals surface area contributed by atoms with E-state index < -0.39 is 0 Å². The zero-order valence-electron chi connectivity index (χ0n) is 18.1. The number of aryl methyl sites for hydroxylation is 2. The minimum absolute atomic E-state index is 0.0749. The molecule has 160 valence electrons. The predicted molar refractivity (Wildman–Crippen MR) is 123 cm³/mol. The number of halogens is 1. The molecule has 0 saturated carbocycles. The SMILES string of the molecule is COc1ccc(Cl)cc1CCc1cc(=O)n2[nH]c(-c3ccc(C(C)(C)C)cc3)nc2n1. The Balaban J connectivity index is 1.61. The van der Waals surface area contributed by atoms with Crippen LogP contribution < -0.4 is 10.3 Å². The molecule has 2 aromatic heterocycles. The van der Waals surface area contributed by atoms with Gasteiger partial charge in [0.05, 0.1) is 12.8 Å². The van der Waals surface area contributed by atoms with Crippen molar-refractivity contribution < 1.29 is 4.74 Å². The number of hydrogen-bond donors (Lipinski definition) is 1. The Labute approximate surface area is 185 Å². The van der Waals surface area contributed by atoms with E-state index in [1.165, 1.54) is 16.1 Å². The molecule has 0 saturated heterocycles. The molecule has 0 unspecified atom stereocenters. The Morgan fingerprint density at radius 1 is 1.03 bits per heavy atom. The van der Waals surface area contributed by atoms with Crippen LogP contribution in [0.25, 0.3) is 17.2 Å². The van der Waals surface area contributed by atoms with Crippen LogP contribution in [0.1, 0.15) is 37.6 Å². The third kappa shape index (κ3) is 4.49. The predicted octanol–water partition coefficient (Wildman–Crippen LogP) is 4.83. The highest BCUT2D eigenvalue weighted by molar-refractivity contribution is 6.30. The van der Waals surface area contributed by atoms with Crippen LogP contribution in [0, 0.1) is 0 Å². The summed E-state index contributed by atoms with van der Waals surface area (Å²) in [6.45, 7) is 6.52. The van der Waals surface area contributed by atoms with E-state index in [0.29, 0.717) is 35.2 Å². The number of fused-ring (bicyclic) bond motifs is 1. The van der Waals surface area contributed by atoms with Crippen LogP contribution in [0.4, 0.5) is 0 Å². The van der Waals surface area contributed by atoms with Gasteiger partial charge in [-0.3, -0.25) is 9.89 Å². The third-order valence-corrected chi connectivity index (χ3v) is 5.54. The second-order valence-corrected chi connectivity index (χ2v) is 9.01. The second kappa shape index (κ2) is 8.19. The van der Waals surface area contributed by atoms with Gasteiger partial charge in [0.2, 0.25) is 0 Å². The van der Waals surface area contributed by atoms with Gasteiger partial charge in [-0.15, -0.1) is 0 Å². The van der Waals surface area contributed by atoms with Gasteiger partial charge >= 0.3 is 0 Å². The summed E-state index contributed by atoms with van der Waals surface area (Å²) in [5.41, 5.74) is 3.67. The lowest BCUT2D eigenvalue weighted by molar-refractivity contribution is 0.409. The molecule has 2 heterocycles. The zero-order valence-corrected chi connectivity index (χ0v) is 18.8. The largest absolute Gasteiger partial charge is 0.496 e. The van der Waals surface area contributed by atoms with E-state index in [1.54, 1.807) is 13.2 Å². The minimum Gasteiger partial charge on any atom is -0.496 e. The number of H-pyrrole nitrogens is 1. The van der Waals surface area contributed by atoms with Crippen molar-refractivity contribution in [3.8, 4) is 17.1 Å². The number of benzene rings is 2. The number of methoxy groups -OCH3 is 1. The van der Waals surface area contributed by atoms with Gasteiger partial charge in [-0.25, -0.2) is 4.98 Å². The molecule has 0 radical (unpaired) electrons. The molecule has 0 aliphatic heterocycles. The molecular formula is C24H25ClN4O2. The highest BCUT2D eigenvalue weighted by Gasteiger charge is 2.15. The fourth-order valence-electron chi connectivity index (χ4n) is 3.52. The summed E-state index contributed by atoms with van der Waals surface area (Å²) in [6.07, 6.45) is 1.23. The molecule has 0 fully saturated rings. The van der Waals surface area contributed by atoms with Gasteiger partial charge in [0.1, 0.15) is 5.75 Å². The lowest BCUT2D eigenvalue weighted by atomic mass is 9.87. The summed E-state index contributed by atoms with van der Waals surface area (Å²) in [4.78, 5) is 21.8. The highest BCUT2D eigenvalue weighted by atomic mass is 35.5. The summed E-state index contributed by atoms with van der Waals surface area (Å²) in [7, 11) is 1.63. The Kier molecular flexibility index (Phi) is 5.58. The van der Waals surface area contributed by atoms with Crippen LogP contribution in [0.3, 0.4) is 0 Å². The first-order chi connectivity index (χ1) is 14.7. The second-order valence-electron chi connectivity index (χ2n) is 8.58. The van der Waals surface area contributed by atoms with E-state index in [0.717, 1.165) is 16.9 Å². The van der Waals surface area contributed by atoms with Crippen LogP contribution in [0.15, 0.2) is 53.3 Å². The molecule has 1 N–H and O–H groups in total. The fourth-order valence-corrected chi connectivity index (χ4v) is 3.71. The van der Waals surface area contributed by atoms with E-state index in [1.807, 2.05) is 24.3 Å². The standard InChI is InChI=1S/C24H25ClN4O2/c1-24(2,3)17-8-5-15(6-9-17)22-27-23-26-19(14-21(30)29(23)28-22)11-7-16-13-18(25)10-12-20(16)31-4/h5-6,8-10,12-14H,7,11H2,1-4H3,(H,26,27,28). The Morgan fingerprint density at radius 3 is 2.45 bits per heavy atom. The topological polar surface area (TPSA) is 72.3 Å². The molecule has 2 aromatic carbocycles. The normalized spacial score (nSPS) is 11.8. The van der Waals surface area contributed by atoms with Crippen molar-refractivity contribution in [2.45, 2.75) is 39.0 Å². The average molecular weight is 437 g/mol. The molecule has 0 bridgehead atoms. The van der Waals surface area contributed by atoms with Crippen molar-refractivity contribution in [1.82, 2.24) is 19.6 Å². The number of nitrogens with zero attached hydrogens (tertiary/aromatic N) is 3. The highest BCUT2D eigenvalue weighted by Crippen LogP contribution is 2.25. The number of aromatic nitrogens is 4. The number of aromatic amines is 1. The Morgan fingerprint density at radius 2 is 1.77 bits per heavy atom. The van der Waals surface area contributed by atoms with Crippen molar-refractivity contribution in [3.63, 3.8) is 0 Å². The quantitative estimate of drug-likeness (QED) is 0.486. The van der Waals surface area contributed by atoms with Gasteiger partial charge in [0.25, 0.3) is 11.3 Å². The van der Waals surface area contributed by atoms with Gasteiger partial charge in [-0.1, -0.05) is 56.6 Å². The van der Waals surface area contributed by atoms with Gasteiger partial charge in [0.15, 0.2) is 5.82 Å². The monoisotopic (exact) mass is 436 g/mol. The summed E-state index contributed by atoms with van der Waals surface area (Å²) in [5, 5.41) is 3.71. The van der Waals surface area contributed by atoms with E-state index in [4.69, 9.17) is 16.3 Å². The van der Waals surface area contributed by atoms with E-state index in [-0.39, 0.29) is 11.0 Å². The maximum atomic E-state index is 12.6. The summed E-state index contributed by atoms with van der Waals surface area (Å²) < 4.78 is 6.77. The molecule has 0 spiro atoms. The van der Waals surface area contributed by atoms with Crippen molar-refractivity contribution in [2.75, 3.05) is 7.11 Å². The fraction of sp³-hybridized carbons (Fsp3) is 0.292. The van der Waals surface area contributed by atoms with Crippen molar-refractivity contribution in [2.24, 2.45) is 0 Å². The number of rotatable bonds is 5. The maximum Gasteiger partial charge on any atom is 0.274 e. The molecule has 4 aromatic rings. The molecule has 7 heteroatoms. The van der Waals surface area contributed by atoms with Crippen molar-refractivity contribution in [1.29, 1.82) is 0 Å². The maximum absolute atomic E-state index is 12.6. The Hall–Kier alpha value is -3.12. The van der Waals surface area contributed by atoms with Crippen LogP contribution in [0.2, 0.25) is 5.02 Å². The molecule has 31 heavy (non-hydrogen) atoms. The van der Waals surface area contributed by atoms with E-state index in [9.17, 15) is 4.79 Å². The van der Waals surface area contributed by atoms with E-state index in [2.05, 4.69) is 48.0 Å². The molecule has 6 nitrogen and oxygen atoms in total. The summed E-state index contributed by atoms with van der Waals surface area (Å²) in [5.74, 6) is 1.73. The van der Waals surface area contributed by atoms with Crippen molar-refractivity contribution in [3.05, 3.63) is 80.7 Å². The van der Waals surface area contributed by atoms with Gasteiger partial charge in [-0.05, 0) is 47.6 Å². The summed E-state index contributed by atoms with van der Waals surface area (Å²) in [6, 6.07) is 15.2. The summed E-state index contributed by atoms with van der Waals surface area (Å²) >= 11 is 6.12. The van der Waals surface area contributed by atoms with Crippen LogP contribution >= 0.6 is 11.6 Å². The molecule has 0 aliphatic carbocycles. The molecule has 0 atom stereocenters. The first kappa shape index (κ1) is 21.1. The zero-order chi connectivity index (χ0) is 22.2. The smallest absolute Gasteiger partial charge is 0.274 e. The van der Waals surface area contributed by atoms with Crippen molar-refractivity contribution >= 4 is 17.4 Å². The van der Waals surface area contributed by atoms with Gasteiger partial charge in [-0.2, -0.15) is 9.50 Å². The first-order valence-corrected chi connectivity index (χ1v) is 10.5. The van der Waals surface area contributed by atoms with Gasteiger partial charge < -0.3 is 4.74 Å². The molecular weight excluding hydrogens is 412 g/mol.